The molecule has 0 bridgehead atoms. The van der Waals surface area contributed by atoms with Gasteiger partial charge >= 0.3 is 6.03 Å². The largest absolute Gasteiger partial charge is 0.497 e. The number of methoxy groups -OCH3 is 1. The van der Waals surface area contributed by atoms with Crippen LogP contribution in [0.15, 0.2) is 47.1 Å². The first kappa shape index (κ1) is 18.5. The van der Waals surface area contributed by atoms with Crippen molar-refractivity contribution in [2.75, 3.05) is 7.11 Å². The quantitative estimate of drug-likeness (QED) is 0.689. The van der Waals surface area contributed by atoms with Gasteiger partial charge in [0.2, 0.25) is 5.91 Å². The number of hydrogen-bond acceptors (Lipinski definition) is 5. The number of imide groups is 1. The molecule has 0 aliphatic carbocycles. The number of nitrogens with zero attached hydrogens (tertiary/aromatic N) is 1. The fourth-order valence-corrected chi connectivity index (χ4v) is 2.83. The molecule has 1 aromatic heterocycles. The van der Waals surface area contributed by atoms with Gasteiger partial charge in [0.25, 0.3) is 5.91 Å². The number of urea groups is 1. The summed E-state index contributed by atoms with van der Waals surface area (Å²) in [5.41, 5.74) is 0.914. The van der Waals surface area contributed by atoms with Crippen LogP contribution in [0.25, 0.3) is 0 Å². The lowest BCUT2D eigenvalue weighted by molar-refractivity contribution is -0.128. The summed E-state index contributed by atoms with van der Waals surface area (Å²) in [7, 11) is 1.58. The van der Waals surface area contributed by atoms with Crippen molar-refractivity contribution in [1.29, 1.82) is 0 Å². The first-order valence-corrected chi connectivity index (χ1v) is 8.60. The number of carbonyl (C=O) groups excluding carboxylic acids is 3. The number of rotatable bonds is 8. The van der Waals surface area contributed by atoms with E-state index >= 15 is 0 Å². The van der Waals surface area contributed by atoms with Crippen molar-refractivity contribution >= 4 is 17.8 Å². The second-order valence-electron chi connectivity index (χ2n) is 6.17. The first-order chi connectivity index (χ1) is 13.1. The zero-order chi connectivity index (χ0) is 19.2. The van der Waals surface area contributed by atoms with Crippen LogP contribution in [-0.2, 0) is 22.7 Å². The number of hydrogen-bond donors (Lipinski definition) is 2. The summed E-state index contributed by atoms with van der Waals surface area (Å²) in [6, 6.07) is 9.61. The number of benzene rings is 1. The van der Waals surface area contributed by atoms with Gasteiger partial charge in [-0.1, -0.05) is 12.1 Å². The summed E-state index contributed by atoms with van der Waals surface area (Å²) < 4.78 is 10.3. The lowest BCUT2D eigenvalue weighted by atomic mass is 10.1. The highest BCUT2D eigenvalue weighted by Gasteiger charge is 2.38. The van der Waals surface area contributed by atoms with E-state index in [1.54, 1.807) is 19.2 Å². The normalized spacial score (nSPS) is 16.3. The second kappa shape index (κ2) is 8.39. The molecule has 1 aromatic carbocycles. The zero-order valence-electron chi connectivity index (χ0n) is 14.9. The third-order valence-corrected chi connectivity index (χ3v) is 4.28. The molecule has 8 nitrogen and oxygen atoms in total. The molecule has 27 heavy (non-hydrogen) atoms. The molecule has 142 valence electrons. The van der Waals surface area contributed by atoms with Crippen LogP contribution in [0, 0.1) is 0 Å². The Kier molecular flexibility index (Phi) is 5.75. The van der Waals surface area contributed by atoms with Crippen LogP contribution in [0.4, 0.5) is 4.79 Å². The average Bonchev–Trinajstić information content (AvgIpc) is 3.28. The van der Waals surface area contributed by atoms with E-state index in [1.807, 2.05) is 24.3 Å². The lowest BCUT2D eigenvalue weighted by Crippen LogP contribution is -2.32. The SMILES string of the molecule is COc1cccc(CNC(=O)CC[C@@H]2NC(=O)N(Cc3ccco3)C2=O)c1. The van der Waals surface area contributed by atoms with Gasteiger partial charge in [0.05, 0.1) is 19.9 Å². The van der Waals surface area contributed by atoms with Gasteiger partial charge in [-0.2, -0.15) is 0 Å². The van der Waals surface area contributed by atoms with Crippen LogP contribution in [0.2, 0.25) is 0 Å². The van der Waals surface area contributed by atoms with Crippen LogP contribution in [-0.4, -0.2) is 35.9 Å². The summed E-state index contributed by atoms with van der Waals surface area (Å²) in [5, 5.41) is 5.41. The van der Waals surface area contributed by atoms with Gasteiger partial charge < -0.3 is 19.8 Å². The fraction of sp³-hybridized carbons (Fsp3) is 0.316. The molecule has 0 unspecified atom stereocenters. The van der Waals surface area contributed by atoms with Crippen molar-refractivity contribution in [1.82, 2.24) is 15.5 Å². The zero-order valence-corrected chi connectivity index (χ0v) is 14.9. The maximum atomic E-state index is 12.4. The van der Waals surface area contributed by atoms with Crippen molar-refractivity contribution in [2.45, 2.75) is 32.0 Å². The van der Waals surface area contributed by atoms with E-state index in [2.05, 4.69) is 10.6 Å². The molecule has 8 heteroatoms. The molecule has 2 aromatic rings. The Bertz CT molecular complexity index is 819. The van der Waals surface area contributed by atoms with Gasteiger partial charge in [-0.15, -0.1) is 0 Å². The molecule has 1 atom stereocenters. The van der Waals surface area contributed by atoms with Crippen molar-refractivity contribution in [3.63, 3.8) is 0 Å². The Morgan fingerprint density at radius 1 is 1.30 bits per heavy atom. The summed E-state index contributed by atoms with van der Waals surface area (Å²) in [5.74, 6) is 0.703. The van der Waals surface area contributed by atoms with Gasteiger partial charge in [0, 0.05) is 13.0 Å². The summed E-state index contributed by atoms with van der Waals surface area (Å²) in [6.07, 6.45) is 1.86. The minimum absolute atomic E-state index is 0.0796. The van der Waals surface area contributed by atoms with E-state index in [-0.39, 0.29) is 31.2 Å². The van der Waals surface area contributed by atoms with Gasteiger partial charge in [0.15, 0.2) is 0 Å². The number of amides is 4. The Labute approximate surface area is 156 Å². The van der Waals surface area contributed by atoms with E-state index in [9.17, 15) is 14.4 Å². The Morgan fingerprint density at radius 3 is 2.89 bits per heavy atom. The highest BCUT2D eigenvalue weighted by Crippen LogP contribution is 2.16. The number of nitrogens with one attached hydrogen (secondary N) is 2. The average molecular weight is 371 g/mol. The molecule has 0 radical (unpaired) electrons. The second-order valence-corrected chi connectivity index (χ2v) is 6.17. The number of furan rings is 1. The van der Waals surface area contributed by atoms with Crippen molar-refractivity contribution in [3.8, 4) is 5.75 Å². The highest BCUT2D eigenvalue weighted by molar-refractivity contribution is 6.04. The third-order valence-electron chi connectivity index (χ3n) is 4.28. The monoisotopic (exact) mass is 371 g/mol. The molecule has 3 rings (SSSR count). The molecule has 2 heterocycles. The summed E-state index contributed by atoms with van der Waals surface area (Å²) >= 11 is 0. The van der Waals surface area contributed by atoms with Crippen molar-refractivity contribution in [3.05, 3.63) is 54.0 Å². The molecule has 1 saturated heterocycles. The molecule has 1 aliphatic heterocycles. The predicted octanol–water partition coefficient (Wildman–Crippen LogP) is 1.81. The minimum atomic E-state index is -0.699. The van der Waals surface area contributed by atoms with Gasteiger partial charge in [0.1, 0.15) is 17.6 Å². The van der Waals surface area contributed by atoms with E-state index in [0.29, 0.717) is 12.3 Å². The fourth-order valence-electron chi connectivity index (χ4n) is 2.83. The summed E-state index contributed by atoms with van der Waals surface area (Å²) in [4.78, 5) is 37.5. The van der Waals surface area contributed by atoms with Crippen LogP contribution >= 0.6 is 0 Å². The molecule has 1 fully saturated rings. The standard InChI is InChI=1S/C19H21N3O5/c1-26-14-5-2-4-13(10-14)11-20-17(23)8-7-16-18(24)22(19(25)21-16)12-15-6-3-9-27-15/h2-6,9-10,16H,7-8,11-12H2,1H3,(H,20,23)(H,21,25)/t16-/m0/s1. The Morgan fingerprint density at radius 2 is 2.15 bits per heavy atom. The highest BCUT2D eigenvalue weighted by atomic mass is 16.5. The molecule has 0 spiro atoms. The van der Waals surface area contributed by atoms with Gasteiger partial charge in [-0.05, 0) is 36.2 Å². The van der Waals surface area contributed by atoms with Crippen molar-refractivity contribution < 1.29 is 23.5 Å². The van der Waals surface area contributed by atoms with E-state index in [0.717, 1.165) is 16.2 Å². The topological polar surface area (TPSA) is 101 Å². The summed E-state index contributed by atoms with van der Waals surface area (Å²) in [6.45, 7) is 0.446. The molecular weight excluding hydrogens is 350 g/mol. The van der Waals surface area contributed by atoms with E-state index < -0.39 is 12.1 Å². The van der Waals surface area contributed by atoms with Gasteiger partial charge in [-0.3, -0.25) is 14.5 Å². The van der Waals surface area contributed by atoms with E-state index in [1.165, 1.54) is 6.26 Å². The van der Waals surface area contributed by atoms with E-state index in [4.69, 9.17) is 9.15 Å². The molecule has 0 saturated carbocycles. The smallest absolute Gasteiger partial charge is 0.325 e. The number of ether oxygens (including phenoxy) is 1. The van der Waals surface area contributed by atoms with Crippen LogP contribution in [0.1, 0.15) is 24.2 Å². The maximum absolute atomic E-state index is 12.4. The van der Waals surface area contributed by atoms with Crippen LogP contribution in [0.3, 0.4) is 0 Å². The van der Waals surface area contributed by atoms with Crippen LogP contribution in [0.5, 0.6) is 5.75 Å². The number of carbonyl (C=O) groups is 3. The van der Waals surface area contributed by atoms with Crippen molar-refractivity contribution in [2.24, 2.45) is 0 Å². The molecule has 4 amide bonds. The first-order valence-electron chi connectivity index (χ1n) is 8.60. The Hall–Kier alpha value is -3.29. The van der Waals surface area contributed by atoms with Gasteiger partial charge in [-0.25, -0.2) is 4.79 Å². The van der Waals surface area contributed by atoms with Crippen LogP contribution < -0.4 is 15.4 Å². The third kappa shape index (κ3) is 4.66. The maximum Gasteiger partial charge on any atom is 0.325 e. The Balaban J connectivity index is 1.45. The molecule has 1 aliphatic rings. The predicted molar refractivity (Wildman–Crippen MR) is 95.7 cm³/mol. The molecule has 2 N–H and O–H groups in total. The minimum Gasteiger partial charge on any atom is -0.497 e. The lowest BCUT2D eigenvalue weighted by Gasteiger charge is -2.11. The molecular formula is C19H21N3O5.